The van der Waals surface area contributed by atoms with Crippen molar-refractivity contribution in [1.82, 2.24) is 24.8 Å². The number of fused-ring (bicyclic) bond motifs is 3. The third-order valence-corrected chi connectivity index (χ3v) is 5.22. The summed E-state index contributed by atoms with van der Waals surface area (Å²) in [6.07, 6.45) is 4.72. The normalized spacial score (nSPS) is 14.0. The molecular weight excluding hydrogens is 366 g/mol. The van der Waals surface area contributed by atoms with Crippen molar-refractivity contribution in [3.63, 3.8) is 0 Å². The monoisotopic (exact) mass is 383 g/mol. The number of nitrogen functional groups attached to an aromatic ring is 1. The minimum atomic E-state index is 0.152. The van der Waals surface area contributed by atoms with Crippen molar-refractivity contribution in [3.05, 3.63) is 48.0 Å². The lowest BCUT2D eigenvalue weighted by Gasteiger charge is -2.12. The van der Waals surface area contributed by atoms with E-state index in [0.29, 0.717) is 41.2 Å². The van der Waals surface area contributed by atoms with Gasteiger partial charge < -0.3 is 15.6 Å². The van der Waals surface area contributed by atoms with Gasteiger partial charge in [0.1, 0.15) is 28.7 Å². The SMILES string of the molecule is N#Cc1cncc(-c2ccc3c(c2)nc(N)c2[nH]c(CN4CCCC4=O)nc23)c1. The number of pyridine rings is 2. The number of aromatic amines is 1. The molecule has 4 heterocycles. The van der Waals surface area contributed by atoms with Gasteiger partial charge in [0.05, 0.1) is 17.6 Å². The number of rotatable bonds is 3. The van der Waals surface area contributed by atoms with E-state index < -0.39 is 0 Å². The third kappa shape index (κ3) is 2.93. The predicted octanol–water partition coefficient (Wildman–Crippen LogP) is 2.75. The van der Waals surface area contributed by atoms with E-state index in [1.165, 1.54) is 6.20 Å². The molecule has 0 atom stereocenters. The summed E-state index contributed by atoms with van der Waals surface area (Å²) in [5, 5.41) is 9.97. The quantitative estimate of drug-likeness (QED) is 0.560. The summed E-state index contributed by atoms with van der Waals surface area (Å²) in [5.74, 6) is 1.21. The number of nitrogens with one attached hydrogen (secondary N) is 1. The number of anilines is 1. The third-order valence-electron chi connectivity index (χ3n) is 5.22. The van der Waals surface area contributed by atoms with Gasteiger partial charge in [-0.15, -0.1) is 0 Å². The first-order valence-electron chi connectivity index (χ1n) is 9.33. The largest absolute Gasteiger partial charge is 0.382 e. The van der Waals surface area contributed by atoms with Gasteiger partial charge in [-0.2, -0.15) is 5.26 Å². The second-order valence-electron chi connectivity index (χ2n) is 7.13. The molecule has 1 saturated heterocycles. The van der Waals surface area contributed by atoms with Crippen molar-refractivity contribution < 1.29 is 4.79 Å². The summed E-state index contributed by atoms with van der Waals surface area (Å²) in [7, 11) is 0. The number of imidazole rings is 1. The number of nitrogens with two attached hydrogens (primary N) is 1. The summed E-state index contributed by atoms with van der Waals surface area (Å²) in [5.41, 5.74) is 10.6. The zero-order valence-corrected chi connectivity index (χ0v) is 15.5. The van der Waals surface area contributed by atoms with Crippen molar-refractivity contribution in [1.29, 1.82) is 5.26 Å². The van der Waals surface area contributed by atoms with Crippen LogP contribution in [0.25, 0.3) is 33.1 Å². The average Bonchev–Trinajstić information content (AvgIpc) is 3.35. The van der Waals surface area contributed by atoms with Crippen LogP contribution in [-0.2, 0) is 11.3 Å². The number of carbonyl (C=O) groups is 1. The molecule has 3 aromatic heterocycles. The summed E-state index contributed by atoms with van der Waals surface area (Å²) in [6, 6.07) is 9.71. The van der Waals surface area contributed by atoms with Crippen LogP contribution in [0.2, 0.25) is 0 Å². The molecule has 142 valence electrons. The topological polar surface area (TPSA) is 125 Å². The van der Waals surface area contributed by atoms with Crippen LogP contribution in [0.15, 0.2) is 36.7 Å². The molecular formula is C21H17N7O. The van der Waals surface area contributed by atoms with Crippen LogP contribution in [0, 0.1) is 11.3 Å². The Morgan fingerprint density at radius 2 is 2.10 bits per heavy atom. The molecule has 1 aliphatic heterocycles. The number of hydrogen-bond donors (Lipinski definition) is 2. The maximum absolute atomic E-state index is 11.9. The fourth-order valence-corrected chi connectivity index (χ4v) is 3.78. The van der Waals surface area contributed by atoms with Crippen LogP contribution in [0.3, 0.4) is 0 Å². The number of nitrogens with zero attached hydrogens (tertiary/aromatic N) is 5. The van der Waals surface area contributed by atoms with E-state index in [2.05, 4.69) is 21.0 Å². The minimum Gasteiger partial charge on any atom is -0.382 e. The highest BCUT2D eigenvalue weighted by molar-refractivity contribution is 6.07. The Morgan fingerprint density at radius 3 is 2.90 bits per heavy atom. The summed E-state index contributed by atoms with van der Waals surface area (Å²) < 4.78 is 0. The molecule has 1 amide bonds. The van der Waals surface area contributed by atoms with E-state index in [4.69, 9.17) is 16.0 Å². The lowest BCUT2D eigenvalue weighted by atomic mass is 10.0. The van der Waals surface area contributed by atoms with Gasteiger partial charge in [0, 0.05) is 36.3 Å². The second kappa shape index (κ2) is 6.56. The van der Waals surface area contributed by atoms with Gasteiger partial charge in [0.25, 0.3) is 0 Å². The Labute approximate surface area is 166 Å². The number of benzene rings is 1. The Balaban J connectivity index is 1.59. The molecule has 0 bridgehead atoms. The van der Waals surface area contributed by atoms with Crippen LogP contribution in [-0.4, -0.2) is 37.3 Å². The van der Waals surface area contributed by atoms with Gasteiger partial charge in [-0.25, -0.2) is 9.97 Å². The molecule has 0 aliphatic carbocycles. The fourth-order valence-electron chi connectivity index (χ4n) is 3.78. The van der Waals surface area contributed by atoms with E-state index in [1.54, 1.807) is 17.2 Å². The predicted molar refractivity (Wildman–Crippen MR) is 108 cm³/mol. The maximum atomic E-state index is 11.9. The van der Waals surface area contributed by atoms with Crippen LogP contribution in [0.1, 0.15) is 24.2 Å². The van der Waals surface area contributed by atoms with Crippen molar-refractivity contribution >= 4 is 33.7 Å². The molecule has 5 rings (SSSR count). The van der Waals surface area contributed by atoms with Gasteiger partial charge in [0.2, 0.25) is 5.91 Å². The van der Waals surface area contributed by atoms with Gasteiger partial charge >= 0.3 is 0 Å². The molecule has 0 unspecified atom stereocenters. The summed E-state index contributed by atoms with van der Waals surface area (Å²) in [6.45, 7) is 1.20. The molecule has 1 fully saturated rings. The van der Waals surface area contributed by atoms with E-state index in [9.17, 15) is 4.79 Å². The number of carbonyl (C=O) groups excluding carboxylic acids is 1. The van der Waals surface area contributed by atoms with Crippen LogP contribution < -0.4 is 5.73 Å². The van der Waals surface area contributed by atoms with Gasteiger partial charge in [0.15, 0.2) is 0 Å². The van der Waals surface area contributed by atoms with Crippen molar-refractivity contribution in [2.45, 2.75) is 19.4 Å². The zero-order valence-electron chi connectivity index (χ0n) is 15.5. The van der Waals surface area contributed by atoms with Crippen LogP contribution in [0.5, 0.6) is 0 Å². The van der Waals surface area contributed by atoms with E-state index >= 15 is 0 Å². The van der Waals surface area contributed by atoms with Gasteiger partial charge in [-0.3, -0.25) is 9.78 Å². The number of likely N-dealkylation sites (tertiary alicyclic amines) is 1. The summed E-state index contributed by atoms with van der Waals surface area (Å²) in [4.78, 5) is 30.3. The molecule has 29 heavy (non-hydrogen) atoms. The minimum absolute atomic E-state index is 0.152. The Morgan fingerprint density at radius 1 is 1.21 bits per heavy atom. The van der Waals surface area contributed by atoms with Crippen LogP contribution >= 0.6 is 0 Å². The number of hydrogen-bond acceptors (Lipinski definition) is 6. The highest BCUT2D eigenvalue weighted by Gasteiger charge is 2.22. The van der Waals surface area contributed by atoms with E-state index in [0.717, 1.165) is 35.0 Å². The summed E-state index contributed by atoms with van der Waals surface area (Å²) >= 11 is 0. The first-order chi connectivity index (χ1) is 14.1. The van der Waals surface area contributed by atoms with Gasteiger partial charge in [-0.1, -0.05) is 6.07 Å². The Hall–Kier alpha value is -3.99. The molecule has 0 radical (unpaired) electrons. The van der Waals surface area contributed by atoms with E-state index in [1.807, 2.05) is 18.2 Å². The fraction of sp³-hybridized carbons (Fsp3) is 0.190. The molecule has 1 aliphatic rings. The number of nitriles is 1. The first kappa shape index (κ1) is 17.1. The molecule has 0 spiro atoms. The molecule has 3 N–H and O–H groups in total. The Bertz CT molecular complexity index is 1320. The van der Waals surface area contributed by atoms with Crippen LogP contribution in [0.4, 0.5) is 5.82 Å². The molecule has 8 heteroatoms. The van der Waals surface area contributed by atoms with Crippen molar-refractivity contribution in [3.8, 4) is 17.2 Å². The highest BCUT2D eigenvalue weighted by Crippen LogP contribution is 2.30. The first-order valence-corrected chi connectivity index (χ1v) is 9.33. The highest BCUT2D eigenvalue weighted by atomic mass is 16.2. The van der Waals surface area contributed by atoms with Gasteiger partial charge in [-0.05, 0) is 30.2 Å². The Kier molecular flexibility index (Phi) is 3.88. The standard InChI is InChI=1S/C21H17N7O/c22-8-12-6-14(10-24-9-12)13-3-4-15-16(7-13)25-21(23)20-19(15)26-17(27-20)11-28-5-1-2-18(28)29/h3-4,6-7,9-10H,1-2,5,11H2,(H2,23,25)(H,26,27). The average molecular weight is 383 g/mol. The second-order valence-corrected chi connectivity index (χ2v) is 7.13. The number of amides is 1. The molecule has 0 saturated carbocycles. The molecule has 4 aromatic rings. The van der Waals surface area contributed by atoms with Crippen molar-refractivity contribution in [2.24, 2.45) is 0 Å². The number of H-pyrrole nitrogens is 1. The van der Waals surface area contributed by atoms with E-state index in [-0.39, 0.29) is 5.91 Å². The lowest BCUT2D eigenvalue weighted by Crippen LogP contribution is -2.24. The molecule has 8 nitrogen and oxygen atoms in total. The number of aromatic nitrogens is 4. The maximum Gasteiger partial charge on any atom is 0.223 e. The zero-order chi connectivity index (χ0) is 20.0. The molecule has 1 aromatic carbocycles. The van der Waals surface area contributed by atoms with Crippen molar-refractivity contribution in [2.75, 3.05) is 12.3 Å². The smallest absolute Gasteiger partial charge is 0.223 e. The lowest BCUT2D eigenvalue weighted by molar-refractivity contribution is -0.128.